The second kappa shape index (κ2) is 5.98. The first-order valence-electron chi connectivity index (χ1n) is 5.94. The fraction of sp³-hybridized carbons (Fsp3) is 0.0769. The minimum absolute atomic E-state index is 0.108. The number of methoxy groups -OCH3 is 1. The number of nitro benzene ring substituents is 1. The van der Waals surface area contributed by atoms with Crippen molar-refractivity contribution in [2.75, 3.05) is 11.8 Å². The van der Waals surface area contributed by atoms with Gasteiger partial charge in [0.1, 0.15) is 0 Å². The van der Waals surface area contributed by atoms with Crippen molar-refractivity contribution in [3.8, 4) is 5.75 Å². The summed E-state index contributed by atoms with van der Waals surface area (Å²) in [5, 5.41) is 10.5. The second-order valence-electron chi connectivity index (χ2n) is 4.21. The summed E-state index contributed by atoms with van der Waals surface area (Å²) >= 11 is 0. The molecule has 0 aliphatic heterocycles. The van der Waals surface area contributed by atoms with E-state index >= 15 is 0 Å². The third-order valence-corrected chi connectivity index (χ3v) is 4.16. The van der Waals surface area contributed by atoms with Crippen molar-refractivity contribution in [1.82, 2.24) is 0 Å². The molecule has 116 valence electrons. The van der Waals surface area contributed by atoms with Gasteiger partial charge in [-0.2, -0.15) is 0 Å². The number of nitrogens with zero attached hydrogens (tertiary/aromatic N) is 1. The van der Waals surface area contributed by atoms with Crippen LogP contribution in [0.25, 0.3) is 0 Å². The van der Waals surface area contributed by atoms with Crippen LogP contribution in [0.5, 0.6) is 5.75 Å². The van der Waals surface area contributed by atoms with Crippen LogP contribution in [0.1, 0.15) is 0 Å². The Kier molecular flexibility index (Phi) is 4.27. The quantitative estimate of drug-likeness (QED) is 0.672. The van der Waals surface area contributed by atoms with E-state index in [1.54, 1.807) is 0 Å². The number of hydrogen-bond acceptors (Lipinski definition) is 5. The lowest BCUT2D eigenvalue weighted by Crippen LogP contribution is -2.13. The highest BCUT2D eigenvalue weighted by atomic mass is 32.2. The van der Waals surface area contributed by atoms with Gasteiger partial charge in [0.05, 0.1) is 22.6 Å². The molecule has 0 radical (unpaired) electrons. The lowest BCUT2D eigenvalue weighted by molar-refractivity contribution is -0.384. The molecule has 0 aliphatic carbocycles. The SMILES string of the molecule is COc1cc(NS(=O)(=O)c2ccc([N+](=O)[O-])cc2)ccc1F. The van der Waals surface area contributed by atoms with Crippen molar-refractivity contribution in [2.24, 2.45) is 0 Å². The Labute approximate surface area is 125 Å². The van der Waals surface area contributed by atoms with E-state index < -0.39 is 20.8 Å². The van der Waals surface area contributed by atoms with Crippen LogP contribution < -0.4 is 9.46 Å². The van der Waals surface area contributed by atoms with Gasteiger partial charge < -0.3 is 4.74 Å². The van der Waals surface area contributed by atoms with Gasteiger partial charge >= 0.3 is 0 Å². The topological polar surface area (TPSA) is 98.5 Å². The number of benzene rings is 2. The average molecular weight is 326 g/mol. The Morgan fingerprint density at radius 3 is 2.36 bits per heavy atom. The highest BCUT2D eigenvalue weighted by Crippen LogP contribution is 2.24. The van der Waals surface area contributed by atoms with E-state index in [9.17, 15) is 22.9 Å². The van der Waals surface area contributed by atoms with Gasteiger partial charge in [-0.25, -0.2) is 12.8 Å². The molecule has 0 saturated carbocycles. The van der Waals surface area contributed by atoms with Gasteiger partial charge in [0.25, 0.3) is 15.7 Å². The van der Waals surface area contributed by atoms with Gasteiger partial charge in [-0.1, -0.05) is 0 Å². The van der Waals surface area contributed by atoms with Crippen LogP contribution in [-0.2, 0) is 10.0 Å². The number of nitrogens with one attached hydrogen (secondary N) is 1. The van der Waals surface area contributed by atoms with E-state index in [1.165, 1.54) is 19.2 Å². The first kappa shape index (κ1) is 15.7. The van der Waals surface area contributed by atoms with E-state index in [-0.39, 0.29) is 22.0 Å². The predicted molar refractivity (Wildman–Crippen MR) is 76.9 cm³/mol. The third kappa shape index (κ3) is 3.31. The zero-order valence-electron chi connectivity index (χ0n) is 11.3. The average Bonchev–Trinajstić information content (AvgIpc) is 2.49. The van der Waals surface area contributed by atoms with Crippen molar-refractivity contribution in [1.29, 1.82) is 0 Å². The molecule has 0 aromatic heterocycles. The fourth-order valence-corrected chi connectivity index (χ4v) is 2.73. The Morgan fingerprint density at radius 2 is 1.82 bits per heavy atom. The molecule has 2 aromatic rings. The van der Waals surface area contributed by atoms with Crippen molar-refractivity contribution in [3.63, 3.8) is 0 Å². The number of hydrogen-bond donors (Lipinski definition) is 1. The number of halogens is 1. The van der Waals surface area contributed by atoms with E-state index in [0.717, 1.165) is 30.3 Å². The van der Waals surface area contributed by atoms with E-state index in [1.807, 2.05) is 0 Å². The molecule has 0 fully saturated rings. The molecule has 1 N–H and O–H groups in total. The van der Waals surface area contributed by atoms with Crippen molar-refractivity contribution in [3.05, 3.63) is 58.4 Å². The van der Waals surface area contributed by atoms with Gasteiger partial charge in [-0.05, 0) is 24.3 Å². The maximum absolute atomic E-state index is 13.3. The molecule has 0 unspecified atom stereocenters. The van der Waals surface area contributed by atoms with Crippen molar-refractivity contribution < 1.29 is 22.5 Å². The lowest BCUT2D eigenvalue weighted by Gasteiger charge is -2.09. The summed E-state index contributed by atoms with van der Waals surface area (Å²) in [6.45, 7) is 0. The molecular formula is C13H11FN2O5S. The summed E-state index contributed by atoms with van der Waals surface area (Å²) in [6.07, 6.45) is 0. The Balaban J connectivity index is 2.29. The van der Waals surface area contributed by atoms with Crippen LogP contribution in [0.15, 0.2) is 47.4 Å². The van der Waals surface area contributed by atoms with Crippen LogP contribution >= 0.6 is 0 Å². The number of rotatable bonds is 5. The summed E-state index contributed by atoms with van der Waals surface area (Å²) in [6, 6.07) is 7.88. The Hall–Kier alpha value is -2.68. The van der Waals surface area contributed by atoms with Gasteiger partial charge in [0, 0.05) is 18.2 Å². The summed E-state index contributed by atoms with van der Waals surface area (Å²) < 4.78 is 44.6. The molecule has 0 atom stereocenters. The van der Waals surface area contributed by atoms with Crippen LogP contribution in [0, 0.1) is 15.9 Å². The smallest absolute Gasteiger partial charge is 0.269 e. The largest absolute Gasteiger partial charge is 0.494 e. The molecule has 2 aromatic carbocycles. The highest BCUT2D eigenvalue weighted by molar-refractivity contribution is 7.92. The molecule has 0 heterocycles. The Bertz CT molecular complexity index is 806. The summed E-state index contributed by atoms with van der Waals surface area (Å²) in [4.78, 5) is 9.76. The summed E-state index contributed by atoms with van der Waals surface area (Å²) in [5.41, 5.74) is -0.112. The molecule has 7 nitrogen and oxygen atoms in total. The van der Waals surface area contributed by atoms with E-state index in [4.69, 9.17) is 4.74 Å². The minimum Gasteiger partial charge on any atom is -0.494 e. The summed E-state index contributed by atoms with van der Waals surface area (Å²) in [5.74, 6) is -0.732. The number of ether oxygens (including phenoxy) is 1. The first-order valence-corrected chi connectivity index (χ1v) is 7.42. The Morgan fingerprint density at radius 1 is 1.18 bits per heavy atom. The molecular weight excluding hydrogens is 315 g/mol. The fourth-order valence-electron chi connectivity index (χ4n) is 1.68. The van der Waals surface area contributed by atoms with Crippen molar-refractivity contribution in [2.45, 2.75) is 4.90 Å². The molecule has 9 heteroatoms. The van der Waals surface area contributed by atoms with Gasteiger partial charge in [0.15, 0.2) is 11.6 Å². The van der Waals surface area contributed by atoms with E-state index in [0.29, 0.717) is 0 Å². The monoisotopic (exact) mass is 326 g/mol. The normalized spacial score (nSPS) is 11.0. The zero-order chi connectivity index (χ0) is 16.3. The molecule has 0 aliphatic rings. The molecule has 2 rings (SSSR count). The summed E-state index contributed by atoms with van der Waals surface area (Å²) in [7, 11) is -2.69. The molecule has 22 heavy (non-hydrogen) atoms. The zero-order valence-corrected chi connectivity index (χ0v) is 12.1. The maximum atomic E-state index is 13.3. The van der Waals surface area contributed by atoms with Crippen LogP contribution in [0.3, 0.4) is 0 Å². The highest BCUT2D eigenvalue weighted by Gasteiger charge is 2.17. The number of sulfonamides is 1. The first-order chi connectivity index (χ1) is 10.3. The van der Waals surface area contributed by atoms with E-state index in [2.05, 4.69) is 4.72 Å². The predicted octanol–water partition coefficient (Wildman–Crippen LogP) is 2.54. The van der Waals surface area contributed by atoms with Crippen molar-refractivity contribution >= 4 is 21.4 Å². The molecule has 0 saturated heterocycles. The number of anilines is 1. The second-order valence-corrected chi connectivity index (χ2v) is 5.89. The van der Waals surface area contributed by atoms with Gasteiger partial charge in [-0.3, -0.25) is 14.8 Å². The van der Waals surface area contributed by atoms with Crippen LogP contribution in [0.2, 0.25) is 0 Å². The van der Waals surface area contributed by atoms with Crippen LogP contribution in [-0.4, -0.2) is 20.5 Å². The van der Waals surface area contributed by atoms with Crippen LogP contribution in [0.4, 0.5) is 15.8 Å². The maximum Gasteiger partial charge on any atom is 0.269 e. The number of non-ortho nitro benzene ring substituents is 1. The van der Waals surface area contributed by atoms with Gasteiger partial charge in [0.2, 0.25) is 0 Å². The third-order valence-electron chi connectivity index (χ3n) is 2.76. The minimum atomic E-state index is -3.94. The molecule has 0 spiro atoms. The standard InChI is InChI=1S/C13H11FN2O5S/c1-21-13-8-9(2-7-12(13)14)15-22(19,20)11-5-3-10(4-6-11)16(17)18/h2-8,15H,1H3. The lowest BCUT2D eigenvalue weighted by atomic mass is 10.3. The van der Waals surface area contributed by atoms with Gasteiger partial charge in [-0.15, -0.1) is 0 Å². The molecule has 0 amide bonds. The molecule has 0 bridgehead atoms. The number of nitro groups is 1.